The number of ether oxygens (including phenoxy) is 1. The second-order valence-corrected chi connectivity index (χ2v) is 4.57. The van der Waals surface area contributed by atoms with Crippen molar-refractivity contribution in [2.24, 2.45) is 5.73 Å². The van der Waals surface area contributed by atoms with E-state index in [-0.39, 0.29) is 6.04 Å². The molecule has 4 heteroatoms. The molecule has 0 spiro atoms. The summed E-state index contributed by atoms with van der Waals surface area (Å²) in [5.41, 5.74) is 7.82. The smallest absolute Gasteiger partial charge is 0.213 e. The van der Waals surface area contributed by atoms with Crippen LogP contribution in [0.2, 0.25) is 5.02 Å². The van der Waals surface area contributed by atoms with Gasteiger partial charge in [0, 0.05) is 23.3 Å². The molecular formula is C14H15ClN2O. The van der Waals surface area contributed by atoms with Crippen LogP contribution in [0.3, 0.4) is 0 Å². The molecule has 1 heterocycles. The Kier molecular flexibility index (Phi) is 4.18. The van der Waals surface area contributed by atoms with Crippen LogP contribution in [0, 0.1) is 0 Å². The molecule has 3 nitrogen and oxygen atoms in total. The summed E-state index contributed by atoms with van der Waals surface area (Å²) in [6, 6.07) is 11.3. The Morgan fingerprint density at radius 2 is 2.17 bits per heavy atom. The maximum Gasteiger partial charge on any atom is 0.213 e. The molecule has 18 heavy (non-hydrogen) atoms. The van der Waals surface area contributed by atoms with Crippen molar-refractivity contribution in [3.8, 4) is 5.88 Å². The van der Waals surface area contributed by atoms with Gasteiger partial charge in [0.2, 0.25) is 5.88 Å². The number of aromatic nitrogens is 1. The van der Waals surface area contributed by atoms with Gasteiger partial charge in [0.05, 0.1) is 0 Å². The van der Waals surface area contributed by atoms with Crippen LogP contribution in [0.5, 0.6) is 5.88 Å². The first-order valence-electron chi connectivity index (χ1n) is 5.74. The third-order valence-electron chi connectivity index (χ3n) is 2.56. The van der Waals surface area contributed by atoms with E-state index in [1.54, 1.807) is 6.20 Å². The lowest BCUT2D eigenvalue weighted by atomic mass is 10.1. The van der Waals surface area contributed by atoms with E-state index >= 15 is 0 Å². The van der Waals surface area contributed by atoms with Crippen LogP contribution in [0.4, 0.5) is 0 Å². The van der Waals surface area contributed by atoms with Gasteiger partial charge in [-0.2, -0.15) is 0 Å². The molecule has 0 saturated carbocycles. The molecule has 0 radical (unpaired) electrons. The molecule has 0 unspecified atom stereocenters. The molecular weight excluding hydrogens is 248 g/mol. The molecule has 1 atom stereocenters. The summed E-state index contributed by atoms with van der Waals surface area (Å²) in [6.07, 6.45) is 1.70. The van der Waals surface area contributed by atoms with Crippen LogP contribution in [-0.4, -0.2) is 4.98 Å². The zero-order valence-electron chi connectivity index (χ0n) is 10.1. The first kappa shape index (κ1) is 12.9. The summed E-state index contributed by atoms with van der Waals surface area (Å²) in [5.74, 6) is 0.574. The molecule has 0 saturated heterocycles. The highest BCUT2D eigenvalue weighted by molar-refractivity contribution is 6.30. The Hall–Kier alpha value is -1.58. The fourth-order valence-corrected chi connectivity index (χ4v) is 1.78. The molecule has 2 rings (SSSR count). The highest BCUT2D eigenvalue weighted by Gasteiger charge is 2.03. The molecule has 1 aromatic carbocycles. The third kappa shape index (κ3) is 3.45. The number of hydrogen-bond donors (Lipinski definition) is 1. The standard InChI is InChI=1S/C14H15ClN2O/c1-10(16)12-5-6-17-14(8-12)18-9-11-3-2-4-13(15)7-11/h2-8,10H,9,16H2,1H3/t10-/m1/s1. The van der Waals surface area contributed by atoms with Gasteiger partial charge in [0.25, 0.3) is 0 Å². The molecule has 1 aromatic heterocycles. The van der Waals surface area contributed by atoms with Crippen LogP contribution >= 0.6 is 11.6 Å². The lowest BCUT2D eigenvalue weighted by Gasteiger charge is -2.09. The average molecular weight is 263 g/mol. The fraction of sp³-hybridized carbons (Fsp3) is 0.214. The van der Waals surface area contributed by atoms with Crippen molar-refractivity contribution in [3.05, 3.63) is 58.7 Å². The number of benzene rings is 1. The van der Waals surface area contributed by atoms with Gasteiger partial charge in [0.15, 0.2) is 0 Å². The summed E-state index contributed by atoms with van der Waals surface area (Å²) in [5, 5.41) is 0.702. The van der Waals surface area contributed by atoms with E-state index in [1.807, 2.05) is 43.3 Å². The summed E-state index contributed by atoms with van der Waals surface area (Å²) in [7, 11) is 0. The average Bonchev–Trinajstić information content (AvgIpc) is 2.37. The lowest BCUT2D eigenvalue weighted by molar-refractivity contribution is 0.293. The number of halogens is 1. The van der Waals surface area contributed by atoms with E-state index < -0.39 is 0 Å². The molecule has 94 valence electrons. The number of nitrogens with zero attached hydrogens (tertiary/aromatic N) is 1. The van der Waals surface area contributed by atoms with Gasteiger partial charge < -0.3 is 10.5 Å². The molecule has 0 fully saturated rings. The normalized spacial score (nSPS) is 12.2. The highest BCUT2D eigenvalue weighted by Crippen LogP contribution is 2.17. The second-order valence-electron chi connectivity index (χ2n) is 4.13. The summed E-state index contributed by atoms with van der Waals surface area (Å²) in [6.45, 7) is 2.37. The fourth-order valence-electron chi connectivity index (χ4n) is 1.57. The molecule has 0 aliphatic rings. The summed E-state index contributed by atoms with van der Waals surface area (Å²) < 4.78 is 5.61. The Morgan fingerprint density at radius 3 is 2.89 bits per heavy atom. The quantitative estimate of drug-likeness (QED) is 0.919. The van der Waals surface area contributed by atoms with Crippen molar-refractivity contribution in [3.63, 3.8) is 0 Å². The van der Waals surface area contributed by atoms with Crippen LogP contribution < -0.4 is 10.5 Å². The van der Waals surface area contributed by atoms with Crippen molar-refractivity contribution < 1.29 is 4.74 Å². The Morgan fingerprint density at radius 1 is 1.33 bits per heavy atom. The molecule has 0 aliphatic heterocycles. The summed E-state index contributed by atoms with van der Waals surface area (Å²) in [4.78, 5) is 4.15. The number of rotatable bonds is 4. The minimum atomic E-state index is -0.0264. The van der Waals surface area contributed by atoms with E-state index in [0.29, 0.717) is 17.5 Å². The van der Waals surface area contributed by atoms with Crippen molar-refractivity contribution in [2.75, 3.05) is 0 Å². The van der Waals surface area contributed by atoms with Crippen LogP contribution in [-0.2, 0) is 6.61 Å². The minimum absolute atomic E-state index is 0.0264. The molecule has 2 aromatic rings. The van der Waals surface area contributed by atoms with Gasteiger partial charge in [-0.1, -0.05) is 23.7 Å². The maximum absolute atomic E-state index is 5.91. The predicted octanol–water partition coefficient (Wildman–Crippen LogP) is 3.33. The molecule has 2 N–H and O–H groups in total. The molecule has 0 bridgehead atoms. The minimum Gasteiger partial charge on any atom is -0.473 e. The Labute approximate surface area is 112 Å². The SMILES string of the molecule is C[C@@H](N)c1ccnc(OCc2cccc(Cl)c2)c1. The van der Waals surface area contributed by atoms with Gasteiger partial charge in [-0.05, 0) is 36.2 Å². The third-order valence-corrected chi connectivity index (χ3v) is 2.80. The van der Waals surface area contributed by atoms with E-state index in [0.717, 1.165) is 11.1 Å². The molecule has 0 aliphatic carbocycles. The summed E-state index contributed by atoms with van der Waals surface area (Å²) >= 11 is 5.91. The topological polar surface area (TPSA) is 48.1 Å². The van der Waals surface area contributed by atoms with Crippen LogP contribution in [0.25, 0.3) is 0 Å². The van der Waals surface area contributed by atoms with Crippen molar-refractivity contribution in [1.82, 2.24) is 4.98 Å². The van der Waals surface area contributed by atoms with Gasteiger partial charge in [-0.25, -0.2) is 4.98 Å². The second kappa shape index (κ2) is 5.85. The highest BCUT2D eigenvalue weighted by atomic mass is 35.5. The number of pyridine rings is 1. The Balaban J connectivity index is 2.04. The Bertz CT molecular complexity index is 529. The largest absolute Gasteiger partial charge is 0.473 e. The predicted molar refractivity (Wildman–Crippen MR) is 72.6 cm³/mol. The number of nitrogens with two attached hydrogens (primary N) is 1. The van der Waals surface area contributed by atoms with Gasteiger partial charge in [-0.3, -0.25) is 0 Å². The first-order chi connectivity index (χ1) is 8.65. The van der Waals surface area contributed by atoms with Crippen molar-refractivity contribution >= 4 is 11.6 Å². The van der Waals surface area contributed by atoms with E-state index in [1.165, 1.54) is 0 Å². The first-order valence-corrected chi connectivity index (χ1v) is 6.12. The zero-order valence-corrected chi connectivity index (χ0v) is 10.9. The van der Waals surface area contributed by atoms with Crippen molar-refractivity contribution in [1.29, 1.82) is 0 Å². The molecule has 0 amide bonds. The van der Waals surface area contributed by atoms with E-state index in [2.05, 4.69) is 4.98 Å². The zero-order chi connectivity index (χ0) is 13.0. The van der Waals surface area contributed by atoms with E-state index in [9.17, 15) is 0 Å². The van der Waals surface area contributed by atoms with Crippen molar-refractivity contribution in [2.45, 2.75) is 19.6 Å². The van der Waals surface area contributed by atoms with Gasteiger partial charge >= 0.3 is 0 Å². The van der Waals surface area contributed by atoms with Crippen LogP contribution in [0.15, 0.2) is 42.6 Å². The number of hydrogen-bond acceptors (Lipinski definition) is 3. The maximum atomic E-state index is 5.91. The monoisotopic (exact) mass is 262 g/mol. The lowest BCUT2D eigenvalue weighted by Crippen LogP contribution is -2.06. The van der Waals surface area contributed by atoms with Gasteiger partial charge in [0.1, 0.15) is 6.61 Å². The van der Waals surface area contributed by atoms with Gasteiger partial charge in [-0.15, -0.1) is 0 Å². The van der Waals surface area contributed by atoms with E-state index in [4.69, 9.17) is 22.1 Å². The van der Waals surface area contributed by atoms with Crippen LogP contribution in [0.1, 0.15) is 24.1 Å².